The Morgan fingerprint density at radius 3 is 2.74 bits per heavy atom. The summed E-state index contributed by atoms with van der Waals surface area (Å²) >= 11 is 1.47. The number of rotatable bonds is 6. The summed E-state index contributed by atoms with van der Waals surface area (Å²) < 4.78 is 5.63. The number of amides is 1. The van der Waals surface area contributed by atoms with Crippen LogP contribution in [0.4, 0.5) is 5.13 Å². The van der Waals surface area contributed by atoms with Crippen LogP contribution in [0, 0.1) is 25.7 Å². The van der Waals surface area contributed by atoms with Crippen molar-refractivity contribution in [3.8, 4) is 5.75 Å². The topological polar surface area (TPSA) is 54.5 Å². The van der Waals surface area contributed by atoms with Crippen LogP contribution in [0.25, 0.3) is 0 Å². The zero-order chi connectivity index (χ0) is 19.4. The summed E-state index contributed by atoms with van der Waals surface area (Å²) in [7, 11) is 0. The van der Waals surface area contributed by atoms with Gasteiger partial charge in [-0.25, -0.2) is 4.98 Å². The molecule has 0 unspecified atom stereocenters. The van der Waals surface area contributed by atoms with Crippen LogP contribution in [-0.4, -0.2) is 35.5 Å². The van der Waals surface area contributed by atoms with E-state index in [1.165, 1.54) is 23.3 Å². The number of nitrogens with one attached hydrogen (secondary N) is 1. The van der Waals surface area contributed by atoms with Crippen molar-refractivity contribution in [3.63, 3.8) is 0 Å². The van der Waals surface area contributed by atoms with Crippen LogP contribution in [0.15, 0.2) is 23.6 Å². The van der Waals surface area contributed by atoms with E-state index in [1.807, 2.05) is 37.4 Å². The fraction of sp³-hybridized carbons (Fsp3) is 0.524. The molecule has 1 aliphatic heterocycles. The highest BCUT2D eigenvalue weighted by Crippen LogP contribution is 2.24. The molecule has 1 saturated heterocycles. The van der Waals surface area contributed by atoms with Crippen LogP contribution in [-0.2, 0) is 11.3 Å². The van der Waals surface area contributed by atoms with Gasteiger partial charge < -0.3 is 4.74 Å². The molecule has 5 nitrogen and oxygen atoms in total. The number of piperidine rings is 1. The molecule has 3 rings (SSSR count). The predicted octanol–water partition coefficient (Wildman–Crippen LogP) is 4.26. The van der Waals surface area contributed by atoms with Gasteiger partial charge in [-0.3, -0.25) is 15.0 Å². The normalized spacial score (nSPS) is 20.4. The van der Waals surface area contributed by atoms with E-state index >= 15 is 0 Å². The number of hydrogen-bond donors (Lipinski definition) is 1. The third-order valence-corrected chi connectivity index (χ3v) is 5.62. The minimum Gasteiger partial charge on any atom is -0.483 e. The van der Waals surface area contributed by atoms with Crippen molar-refractivity contribution in [2.45, 2.75) is 40.7 Å². The lowest BCUT2D eigenvalue weighted by Gasteiger charge is -2.34. The maximum Gasteiger partial charge on any atom is 0.264 e. The van der Waals surface area contributed by atoms with Crippen molar-refractivity contribution in [2.24, 2.45) is 11.8 Å². The summed E-state index contributed by atoms with van der Waals surface area (Å²) in [6, 6.07) is 5.93. The molecule has 2 atom stereocenters. The van der Waals surface area contributed by atoms with E-state index in [2.05, 4.69) is 29.0 Å². The van der Waals surface area contributed by atoms with E-state index < -0.39 is 0 Å². The maximum absolute atomic E-state index is 12.2. The minimum atomic E-state index is -0.184. The number of thiazole rings is 1. The van der Waals surface area contributed by atoms with Gasteiger partial charge in [0, 0.05) is 25.0 Å². The summed E-state index contributed by atoms with van der Waals surface area (Å²) in [4.78, 5) is 19.2. The first-order valence-corrected chi connectivity index (χ1v) is 10.4. The number of carbonyl (C=O) groups excluding carboxylic acids is 1. The van der Waals surface area contributed by atoms with Gasteiger partial charge in [-0.1, -0.05) is 31.5 Å². The third kappa shape index (κ3) is 5.78. The number of aromatic nitrogens is 1. The number of hydrogen-bond acceptors (Lipinski definition) is 5. The maximum atomic E-state index is 12.2. The van der Waals surface area contributed by atoms with Crippen LogP contribution >= 0.6 is 11.3 Å². The lowest BCUT2D eigenvalue weighted by atomic mass is 9.92. The second-order valence-corrected chi connectivity index (χ2v) is 8.75. The number of likely N-dealkylation sites (tertiary alicyclic amines) is 1. The molecule has 0 spiro atoms. The molecular weight excluding hydrogens is 358 g/mol. The quantitative estimate of drug-likeness (QED) is 0.805. The third-order valence-electron chi connectivity index (χ3n) is 4.82. The molecule has 1 aromatic heterocycles. The molecule has 1 aromatic carbocycles. The second-order valence-electron chi connectivity index (χ2n) is 7.89. The lowest BCUT2D eigenvalue weighted by Crippen LogP contribution is -2.38. The first-order chi connectivity index (χ1) is 12.9. The molecule has 1 amide bonds. The molecule has 146 valence electrons. The van der Waals surface area contributed by atoms with Gasteiger partial charge in [-0.2, -0.15) is 0 Å². The Morgan fingerprint density at radius 1 is 1.30 bits per heavy atom. The Morgan fingerprint density at radius 2 is 2.04 bits per heavy atom. The largest absolute Gasteiger partial charge is 0.483 e. The van der Waals surface area contributed by atoms with Crippen molar-refractivity contribution in [2.75, 3.05) is 25.0 Å². The summed E-state index contributed by atoms with van der Waals surface area (Å²) in [5.74, 6) is 2.02. The smallest absolute Gasteiger partial charge is 0.264 e. The molecule has 0 saturated carbocycles. The molecular formula is C21H29N3O2S. The zero-order valence-electron chi connectivity index (χ0n) is 16.6. The van der Waals surface area contributed by atoms with Crippen molar-refractivity contribution >= 4 is 22.4 Å². The molecule has 0 radical (unpaired) electrons. The van der Waals surface area contributed by atoms with E-state index in [0.29, 0.717) is 5.13 Å². The first kappa shape index (κ1) is 19.8. The highest BCUT2D eigenvalue weighted by molar-refractivity contribution is 7.13. The average molecular weight is 388 g/mol. The van der Waals surface area contributed by atoms with E-state index in [1.54, 1.807) is 0 Å². The average Bonchev–Trinajstić information content (AvgIpc) is 3.00. The van der Waals surface area contributed by atoms with E-state index in [0.717, 1.165) is 48.5 Å². The Balaban J connectivity index is 1.49. The fourth-order valence-corrected chi connectivity index (χ4v) is 4.56. The molecule has 1 fully saturated rings. The summed E-state index contributed by atoms with van der Waals surface area (Å²) in [5.41, 5.74) is 3.23. The molecule has 6 heteroatoms. The van der Waals surface area contributed by atoms with Gasteiger partial charge in [-0.05, 0) is 43.7 Å². The lowest BCUT2D eigenvalue weighted by molar-refractivity contribution is -0.118. The first-order valence-electron chi connectivity index (χ1n) is 9.55. The van der Waals surface area contributed by atoms with Gasteiger partial charge in [-0.15, -0.1) is 11.3 Å². The Kier molecular flexibility index (Phi) is 6.50. The molecule has 2 aromatic rings. The molecule has 1 N–H and O–H groups in total. The number of anilines is 1. The van der Waals surface area contributed by atoms with Gasteiger partial charge in [0.15, 0.2) is 11.7 Å². The standard InChI is InChI=1S/C21H29N3O2S/c1-14-5-6-19(17(4)8-14)26-12-20(25)23-21-22-18(13-27-21)11-24-9-15(2)7-16(3)10-24/h5-6,8,13,15-16H,7,9-12H2,1-4H3,(H,22,23,25)/t15-,16-/m0/s1. The van der Waals surface area contributed by atoms with Crippen LogP contribution in [0.1, 0.15) is 37.1 Å². The van der Waals surface area contributed by atoms with Crippen molar-refractivity contribution in [3.05, 3.63) is 40.4 Å². The summed E-state index contributed by atoms with van der Waals surface area (Å²) in [5, 5.41) is 5.51. The summed E-state index contributed by atoms with van der Waals surface area (Å²) in [6.07, 6.45) is 1.30. The number of nitrogens with zero attached hydrogens (tertiary/aromatic N) is 2. The summed E-state index contributed by atoms with van der Waals surface area (Å²) in [6.45, 7) is 11.7. The van der Waals surface area contributed by atoms with E-state index in [4.69, 9.17) is 4.74 Å². The monoisotopic (exact) mass is 387 g/mol. The number of carbonyl (C=O) groups is 1. The molecule has 0 aliphatic carbocycles. The van der Waals surface area contributed by atoms with Gasteiger partial charge >= 0.3 is 0 Å². The van der Waals surface area contributed by atoms with E-state index in [-0.39, 0.29) is 12.5 Å². The highest BCUT2D eigenvalue weighted by atomic mass is 32.1. The Hall–Kier alpha value is -1.92. The number of ether oxygens (including phenoxy) is 1. The highest BCUT2D eigenvalue weighted by Gasteiger charge is 2.22. The van der Waals surface area contributed by atoms with Crippen molar-refractivity contribution in [1.29, 1.82) is 0 Å². The zero-order valence-corrected chi connectivity index (χ0v) is 17.4. The Bertz CT molecular complexity index is 779. The van der Waals surface area contributed by atoms with Crippen LogP contribution in [0.2, 0.25) is 0 Å². The van der Waals surface area contributed by atoms with E-state index in [9.17, 15) is 4.79 Å². The van der Waals surface area contributed by atoms with Crippen LogP contribution in [0.3, 0.4) is 0 Å². The molecule has 27 heavy (non-hydrogen) atoms. The van der Waals surface area contributed by atoms with Crippen molar-refractivity contribution < 1.29 is 9.53 Å². The fourth-order valence-electron chi connectivity index (χ4n) is 3.85. The van der Waals surface area contributed by atoms with Crippen LogP contribution in [0.5, 0.6) is 5.75 Å². The van der Waals surface area contributed by atoms with Gasteiger partial charge in [0.25, 0.3) is 5.91 Å². The SMILES string of the molecule is Cc1ccc(OCC(=O)Nc2nc(CN3C[C@@H](C)C[C@H](C)C3)cs2)c(C)c1. The van der Waals surface area contributed by atoms with Gasteiger partial charge in [0.05, 0.1) is 5.69 Å². The predicted molar refractivity (Wildman–Crippen MR) is 110 cm³/mol. The van der Waals surface area contributed by atoms with Gasteiger partial charge in [0.2, 0.25) is 0 Å². The minimum absolute atomic E-state index is 0.0139. The molecule has 1 aliphatic rings. The van der Waals surface area contributed by atoms with Crippen molar-refractivity contribution in [1.82, 2.24) is 9.88 Å². The molecule has 0 bridgehead atoms. The van der Waals surface area contributed by atoms with Crippen LogP contribution < -0.4 is 10.1 Å². The Labute approximate surface area is 165 Å². The van der Waals surface area contributed by atoms with Gasteiger partial charge in [0.1, 0.15) is 5.75 Å². The number of benzene rings is 1. The number of aryl methyl sites for hydroxylation is 2. The molecule has 2 heterocycles. The second kappa shape index (κ2) is 8.85.